The van der Waals surface area contributed by atoms with Gasteiger partial charge in [-0.1, -0.05) is 67.8 Å². The number of ether oxygens (including phenoxy) is 1. The van der Waals surface area contributed by atoms with Crippen molar-refractivity contribution in [2.45, 2.75) is 63.1 Å². The predicted molar refractivity (Wildman–Crippen MR) is 173 cm³/mol. The number of nitrogen functional groups attached to an aromatic ring is 1. The van der Waals surface area contributed by atoms with Gasteiger partial charge in [0.2, 0.25) is 5.91 Å². The summed E-state index contributed by atoms with van der Waals surface area (Å²) in [5.41, 5.74) is 7.30. The Kier molecular flexibility index (Phi) is 9.37. The summed E-state index contributed by atoms with van der Waals surface area (Å²) in [6.45, 7) is 0.895. The molecule has 1 saturated heterocycles. The maximum Gasteiger partial charge on any atom is 0.273 e. The van der Waals surface area contributed by atoms with E-state index in [1.165, 1.54) is 29.2 Å². The van der Waals surface area contributed by atoms with Crippen LogP contribution in [0.3, 0.4) is 0 Å². The number of amides is 3. The number of benzene rings is 3. The SMILES string of the molecule is Nc1c(C(=O)NC2CCCCC2)nsc1C(=O)N(c1cccc2ccccc12)[C@H](C(=O)NC[C@@H]1CCCO1)c1ccc(F)cc1. The van der Waals surface area contributed by atoms with Gasteiger partial charge in [0.05, 0.1) is 17.5 Å². The minimum Gasteiger partial charge on any atom is -0.395 e. The number of nitrogens with zero attached hydrogens (tertiary/aromatic N) is 2. The third kappa shape index (κ3) is 6.69. The monoisotopic (exact) mass is 629 g/mol. The number of anilines is 2. The van der Waals surface area contributed by atoms with Crippen LogP contribution < -0.4 is 21.3 Å². The Balaban J connectivity index is 1.42. The highest BCUT2D eigenvalue weighted by Gasteiger charge is 2.37. The number of rotatable bonds is 9. The molecule has 3 amide bonds. The molecule has 2 fully saturated rings. The first-order valence-corrected chi connectivity index (χ1v) is 16.2. The van der Waals surface area contributed by atoms with Crippen molar-refractivity contribution in [2.75, 3.05) is 23.8 Å². The molecular formula is C34H36FN5O4S. The van der Waals surface area contributed by atoms with Gasteiger partial charge in [0, 0.05) is 24.6 Å². The summed E-state index contributed by atoms with van der Waals surface area (Å²) in [6, 6.07) is 17.4. The van der Waals surface area contributed by atoms with E-state index in [0.29, 0.717) is 17.9 Å². The van der Waals surface area contributed by atoms with Gasteiger partial charge in [0.15, 0.2) is 5.69 Å². The quantitative estimate of drug-likeness (QED) is 0.216. The lowest BCUT2D eigenvalue weighted by Crippen LogP contribution is -2.45. The zero-order valence-electron chi connectivity index (χ0n) is 24.8. The summed E-state index contributed by atoms with van der Waals surface area (Å²) in [5.74, 6) is -1.95. The Bertz CT molecular complexity index is 1680. The lowest BCUT2D eigenvalue weighted by atomic mass is 9.95. The molecular weight excluding hydrogens is 593 g/mol. The molecule has 234 valence electrons. The van der Waals surface area contributed by atoms with Gasteiger partial charge in [0.1, 0.15) is 16.7 Å². The van der Waals surface area contributed by atoms with Crippen LogP contribution in [0.4, 0.5) is 15.8 Å². The van der Waals surface area contributed by atoms with Gasteiger partial charge in [0.25, 0.3) is 11.8 Å². The van der Waals surface area contributed by atoms with E-state index in [0.717, 1.165) is 67.3 Å². The second kappa shape index (κ2) is 13.7. The Morgan fingerprint density at radius 3 is 2.49 bits per heavy atom. The van der Waals surface area contributed by atoms with Gasteiger partial charge in [-0.05, 0) is 66.4 Å². The highest BCUT2D eigenvalue weighted by atomic mass is 32.1. The van der Waals surface area contributed by atoms with Gasteiger partial charge in [-0.3, -0.25) is 19.3 Å². The van der Waals surface area contributed by atoms with Gasteiger partial charge >= 0.3 is 0 Å². The molecule has 2 heterocycles. The molecule has 1 aliphatic carbocycles. The molecule has 1 aliphatic heterocycles. The fourth-order valence-corrected chi connectivity index (χ4v) is 6.92. The molecule has 9 nitrogen and oxygen atoms in total. The normalized spacial score (nSPS) is 17.6. The van der Waals surface area contributed by atoms with Crippen LogP contribution >= 0.6 is 11.5 Å². The van der Waals surface area contributed by atoms with Crippen LogP contribution in [0.15, 0.2) is 66.7 Å². The molecule has 2 atom stereocenters. The topological polar surface area (TPSA) is 127 Å². The summed E-state index contributed by atoms with van der Waals surface area (Å²) in [4.78, 5) is 43.4. The van der Waals surface area contributed by atoms with Gasteiger partial charge in [-0.15, -0.1) is 0 Å². The Hall–Kier alpha value is -4.35. The number of nitrogens with one attached hydrogen (secondary N) is 2. The number of aromatic nitrogens is 1. The molecule has 0 unspecified atom stereocenters. The Morgan fingerprint density at radius 1 is 0.978 bits per heavy atom. The van der Waals surface area contributed by atoms with E-state index in [-0.39, 0.29) is 34.9 Å². The van der Waals surface area contributed by atoms with Crippen molar-refractivity contribution in [3.05, 3.63) is 88.7 Å². The van der Waals surface area contributed by atoms with E-state index in [1.54, 1.807) is 6.07 Å². The van der Waals surface area contributed by atoms with Crippen LogP contribution in [0.2, 0.25) is 0 Å². The first kappa shape index (κ1) is 30.7. The van der Waals surface area contributed by atoms with Crippen LogP contribution in [0, 0.1) is 5.82 Å². The molecule has 4 N–H and O–H groups in total. The molecule has 1 saturated carbocycles. The Labute approximate surface area is 265 Å². The molecule has 0 spiro atoms. The molecule has 6 rings (SSSR count). The average molecular weight is 630 g/mol. The van der Waals surface area contributed by atoms with Crippen LogP contribution in [-0.4, -0.2) is 47.4 Å². The minimum atomic E-state index is -1.20. The number of hydrogen-bond acceptors (Lipinski definition) is 7. The predicted octanol–water partition coefficient (Wildman–Crippen LogP) is 5.76. The third-order valence-electron chi connectivity index (χ3n) is 8.54. The fraction of sp³-hybridized carbons (Fsp3) is 0.353. The zero-order valence-corrected chi connectivity index (χ0v) is 25.7. The largest absolute Gasteiger partial charge is 0.395 e. The van der Waals surface area contributed by atoms with Crippen molar-refractivity contribution in [1.29, 1.82) is 0 Å². The first-order valence-electron chi connectivity index (χ1n) is 15.4. The van der Waals surface area contributed by atoms with Crippen molar-refractivity contribution < 1.29 is 23.5 Å². The average Bonchev–Trinajstić information content (AvgIpc) is 3.73. The molecule has 2 aliphatic rings. The zero-order chi connectivity index (χ0) is 31.3. The van der Waals surface area contributed by atoms with Crippen molar-refractivity contribution in [2.24, 2.45) is 0 Å². The van der Waals surface area contributed by atoms with E-state index in [4.69, 9.17) is 10.5 Å². The van der Waals surface area contributed by atoms with Gasteiger partial charge in [-0.2, -0.15) is 4.37 Å². The summed E-state index contributed by atoms with van der Waals surface area (Å²) >= 11 is 0.825. The molecule has 0 bridgehead atoms. The van der Waals surface area contributed by atoms with E-state index in [2.05, 4.69) is 15.0 Å². The Morgan fingerprint density at radius 2 is 1.73 bits per heavy atom. The minimum absolute atomic E-state index is 0.00652. The summed E-state index contributed by atoms with van der Waals surface area (Å²) in [6.07, 6.45) is 6.59. The molecule has 1 aromatic heterocycles. The summed E-state index contributed by atoms with van der Waals surface area (Å²) in [5, 5.41) is 7.57. The molecule has 0 radical (unpaired) electrons. The second-order valence-electron chi connectivity index (χ2n) is 11.6. The van der Waals surface area contributed by atoms with Crippen LogP contribution in [0.1, 0.15) is 76.7 Å². The van der Waals surface area contributed by atoms with Crippen molar-refractivity contribution in [3.8, 4) is 0 Å². The molecule has 4 aromatic rings. The van der Waals surface area contributed by atoms with Gasteiger partial charge < -0.3 is 21.1 Å². The van der Waals surface area contributed by atoms with Gasteiger partial charge in [-0.25, -0.2) is 4.39 Å². The van der Waals surface area contributed by atoms with E-state index < -0.39 is 29.6 Å². The standard InChI is InChI=1S/C34H36FN5O4S/c35-23-17-15-22(16-18-23)30(33(42)37-20-25-12-7-19-44-25)40(27-14-6-9-21-8-4-5-13-26(21)27)34(43)31-28(36)29(39-45-31)32(41)38-24-10-2-1-3-11-24/h4-6,8-9,13-18,24-25,30H,1-3,7,10-12,19-20,36H2,(H,37,42)(H,38,41)/t25-,30-/m0/s1. The highest BCUT2D eigenvalue weighted by Crippen LogP contribution is 2.37. The van der Waals surface area contributed by atoms with Crippen LogP contribution in [-0.2, 0) is 9.53 Å². The number of fused-ring (bicyclic) bond motifs is 1. The number of carbonyl (C=O) groups excluding carboxylic acids is 3. The van der Waals surface area contributed by atoms with Crippen molar-refractivity contribution >= 4 is 51.4 Å². The number of halogens is 1. The van der Waals surface area contributed by atoms with E-state index in [9.17, 15) is 18.8 Å². The summed E-state index contributed by atoms with van der Waals surface area (Å²) < 4.78 is 24.1. The second-order valence-corrected chi connectivity index (χ2v) is 12.4. The third-order valence-corrected chi connectivity index (χ3v) is 9.39. The maximum atomic E-state index is 14.7. The highest BCUT2D eigenvalue weighted by molar-refractivity contribution is 7.09. The molecule has 11 heteroatoms. The smallest absolute Gasteiger partial charge is 0.273 e. The lowest BCUT2D eigenvalue weighted by molar-refractivity contribution is -0.123. The summed E-state index contributed by atoms with van der Waals surface area (Å²) in [7, 11) is 0. The van der Waals surface area contributed by atoms with E-state index >= 15 is 0 Å². The van der Waals surface area contributed by atoms with E-state index in [1.807, 2.05) is 36.4 Å². The first-order chi connectivity index (χ1) is 21.9. The number of hydrogen-bond donors (Lipinski definition) is 3. The van der Waals surface area contributed by atoms with Crippen LogP contribution in [0.25, 0.3) is 10.8 Å². The van der Waals surface area contributed by atoms with Crippen molar-refractivity contribution in [1.82, 2.24) is 15.0 Å². The number of nitrogens with two attached hydrogens (primary N) is 1. The fourth-order valence-electron chi connectivity index (χ4n) is 6.19. The van der Waals surface area contributed by atoms with Crippen LogP contribution in [0.5, 0.6) is 0 Å². The molecule has 45 heavy (non-hydrogen) atoms. The molecule has 3 aromatic carbocycles. The maximum absolute atomic E-state index is 14.7. The number of carbonyl (C=O) groups is 3. The van der Waals surface area contributed by atoms with Crippen molar-refractivity contribution in [3.63, 3.8) is 0 Å². The lowest BCUT2D eigenvalue weighted by Gasteiger charge is -2.32.